The lowest BCUT2D eigenvalue weighted by molar-refractivity contribution is -0.133. The highest BCUT2D eigenvalue weighted by molar-refractivity contribution is 7.89. The summed E-state index contributed by atoms with van der Waals surface area (Å²) in [6.07, 6.45) is 2.99. The zero-order chi connectivity index (χ0) is 22.3. The van der Waals surface area contributed by atoms with Crippen molar-refractivity contribution in [2.24, 2.45) is 0 Å². The normalized spacial score (nSPS) is 18.8. The Morgan fingerprint density at radius 1 is 0.969 bits per heavy atom. The number of fused-ring (bicyclic) bond motifs is 2. The van der Waals surface area contributed by atoms with Crippen molar-refractivity contribution in [2.75, 3.05) is 44.2 Å². The molecule has 0 atom stereocenters. The van der Waals surface area contributed by atoms with Crippen molar-refractivity contribution in [3.63, 3.8) is 0 Å². The van der Waals surface area contributed by atoms with E-state index in [1.807, 2.05) is 12.1 Å². The summed E-state index contributed by atoms with van der Waals surface area (Å²) in [7, 11) is -3.59. The Morgan fingerprint density at radius 2 is 1.72 bits per heavy atom. The van der Waals surface area contributed by atoms with Gasteiger partial charge in [-0.2, -0.15) is 4.31 Å². The highest BCUT2D eigenvalue weighted by atomic mass is 32.2. The van der Waals surface area contributed by atoms with Gasteiger partial charge in [-0.1, -0.05) is 18.2 Å². The Balaban J connectivity index is 1.24. The average Bonchev–Trinajstić information content (AvgIpc) is 3.29. The number of para-hydroxylation sites is 2. The van der Waals surface area contributed by atoms with Crippen LogP contribution in [0.2, 0.25) is 0 Å². The number of aryl methyl sites for hydroxylation is 2. The van der Waals surface area contributed by atoms with Gasteiger partial charge in [0, 0.05) is 26.2 Å². The van der Waals surface area contributed by atoms with Gasteiger partial charge < -0.3 is 9.64 Å². The molecule has 1 saturated heterocycles. The maximum absolute atomic E-state index is 13.1. The number of nitrogens with zero attached hydrogens (tertiary/aromatic N) is 3. The van der Waals surface area contributed by atoms with Crippen molar-refractivity contribution in [1.29, 1.82) is 0 Å². The molecule has 168 valence electrons. The van der Waals surface area contributed by atoms with Crippen LogP contribution in [0.4, 0.5) is 5.69 Å². The molecule has 1 fully saturated rings. The van der Waals surface area contributed by atoms with Gasteiger partial charge in [-0.15, -0.1) is 0 Å². The second-order valence-electron chi connectivity index (χ2n) is 8.31. The lowest BCUT2D eigenvalue weighted by Crippen LogP contribution is -2.53. The Morgan fingerprint density at radius 3 is 2.53 bits per heavy atom. The molecular formula is C23H25N3O5S. The second-order valence-corrected chi connectivity index (χ2v) is 10.2. The molecule has 5 rings (SSSR count). The van der Waals surface area contributed by atoms with Gasteiger partial charge >= 0.3 is 0 Å². The Hall–Kier alpha value is -2.91. The summed E-state index contributed by atoms with van der Waals surface area (Å²) < 4.78 is 33.1. The molecule has 2 aliphatic heterocycles. The van der Waals surface area contributed by atoms with Gasteiger partial charge in [0.25, 0.3) is 5.91 Å². The van der Waals surface area contributed by atoms with E-state index >= 15 is 0 Å². The van der Waals surface area contributed by atoms with E-state index in [4.69, 9.17) is 4.74 Å². The molecule has 8 nitrogen and oxygen atoms in total. The van der Waals surface area contributed by atoms with Gasteiger partial charge in [0.1, 0.15) is 12.3 Å². The van der Waals surface area contributed by atoms with Gasteiger partial charge in [-0.3, -0.25) is 14.5 Å². The second kappa shape index (κ2) is 8.22. The number of benzene rings is 2. The molecule has 0 saturated carbocycles. The van der Waals surface area contributed by atoms with E-state index in [1.54, 1.807) is 35.2 Å². The molecule has 2 heterocycles. The summed E-state index contributed by atoms with van der Waals surface area (Å²) >= 11 is 0. The van der Waals surface area contributed by atoms with Crippen LogP contribution in [0.3, 0.4) is 0 Å². The van der Waals surface area contributed by atoms with Crippen LogP contribution in [-0.2, 0) is 32.5 Å². The van der Waals surface area contributed by atoms with Gasteiger partial charge in [0.05, 0.1) is 10.6 Å². The maximum atomic E-state index is 13.1. The zero-order valence-corrected chi connectivity index (χ0v) is 18.5. The fourth-order valence-corrected chi connectivity index (χ4v) is 6.07. The molecule has 1 aliphatic carbocycles. The quantitative estimate of drug-likeness (QED) is 0.696. The molecule has 0 N–H and O–H groups in total. The zero-order valence-electron chi connectivity index (χ0n) is 17.7. The summed E-state index contributed by atoms with van der Waals surface area (Å²) in [4.78, 5) is 28.6. The minimum Gasteiger partial charge on any atom is -0.482 e. The molecule has 32 heavy (non-hydrogen) atoms. The summed E-state index contributed by atoms with van der Waals surface area (Å²) in [6.45, 7) is 0.873. The van der Waals surface area contributed by atoms with E-state index in [-0.39, 0.29) is 38.1 Å². The molecule has 2 amide bonds. The minimum absolute atomic E-state index is 0.0865. The van der Waals surface area contributed by atoms with E-state index in [9.17, 15) is 18.0 Å². The van der Waals surface area contributed by atoms with Crippen LogP contribution in [-0.4, -0.2) is 68.8 Å². The molecule has 0 radical (unpaired) electrons. The number of ether oxygens (including phenoxy) is 1. The highest BCUT2D eigenvalue weighted by Gasteiger charge is 2.33. The molecule has 0 spiro atoms. The van der Waals surface area contributed by atoms with Crippen molar-refractivity contribution < 1.29 is 22.7 Å². The summed E-state index contributed by atoms with van der Waals surface area (Å²) in [5.74, 6) is 0.102. The summed E-state index contributed by atoms with van der Waals surface area (Å²) in [5.41, 5.74) is 2.93. The number of anilines is 1. The van der Waals surface area contributed by atoms with Crippen molar-refractivity contribution in [1.82, 2.24) is 9.21 Å². The third-order valence-electron chi connectivity index (χ3n) is 6.40. The van der Waals surface area contributed by atoms with Crippen LogP contribution in [0.25, 0.3) is 0 Å². The summed E-state index contributed by atoms with van der Waals surface area (Å²) in [6, 6.07) is 12.5. The monoisotopic (exact) mass is 455 g/mol. The van der Waals surface area contributed by atoms with Gasteiger partial charge in [-0.05, 0) is 54.7 Å². The summed E-state index contributed by atoms with van der Waals surface area (Å²) in [5, 5.41) is 0. The standard InChI is InChI=1S/C23H25N3O5S/c27-22(15-26-20-6-1-2-7-21(20)31-16-23(26)28)24-10-12-25(13-11-24)32(29,30)19-9-8-17-4-3-5-18(17)14-19/h1-2,6-9,14H,3-5,10-13,15-16H2. The number of amides is 2. The van der Waals surface area contributed by atoms with Crippen molar-refractivity contribution >= 4 is 27.5 Å². The SMILES string of the molecule is O=C(CN1C(=O)COc2ccccc21)N1CCN(S(=O)(=O)c2ccc3c(c2)CCC3)CC1. The van der Waals surface area contributed by atoms with Crippen LogP contribution in [0.1, 0.15) is 17.5 Å². The lowest BCUT2D eigenvalue weighted by atomic mass is 10.1. The Labute approximate surface area is 187 Å². The predicted octanol–water partition coefficient (Wildman–Crippen LogP) is 1.43. The molecule has 0 unspecified atom stereocenters. The van der Waals surface area contributed by atoms with Crippen LogP contribution < -0.4 is 9.64 Å². The van der Waals surface area contributed by atoms with E-state index in [0.29, 0.717) is 29.4 Å². The number of hydrogen-bond donors (Lipinski definition) is 0. The number of piperazine rings is 1. The molecule has 0 aromatic heterocycles. The Bertz CT molecular complexity index is 1170. The third-order valence-corrected chi connectivity index (χ3v) is 8.30. The van der Waals surface area contributed by atoms with Crippen molar-refractivity contribution in [3.8, 4) is 5.75 Å². The molecule has 2 aromatic rings. The van der Waals surface area contributed by atoms with Crippen LogP contribution >= 0.6 is 0 Å². The number of rotatable bonds is 4. The molecule has 9 heteroatoms. The molecule has 3 aliphatic rings. The predicted molar refractivity (Wildman–Crippen MR) is 118 cm³/mol. The smallest absolute Gasteiger partial charge is 0.265 e. The molecule has 2 aromatic carbocycles. The average molecular weight is 456 g/mol. The lowest BCUT2D eigenvalue weighted by Gasteiger charge is -2.36. The third kappa shape index (κ3) is 3.75. The van der Waals surface area contributed by atoms with Crippen molar-refractivity contribution in [2.45, 2.75) is 24.2 Å². The number of sulfonamides is 1. The van der Waals surface area contributed by atoms with Crippen LogP contribution in [0, 0.1) is 0 Å². The topological polar surface area (TPSA) is 87.2 Å². The first-order valence-electron chi connectivity index (χ1n) is 10.9. The van der Waals surface area contributed by atoms with E-state index < -0.39 is 10.0 Å². The van der Waals surface area contributed by atoms with E-state index in [2.05, 4.69) is 0 Å². The number of hydrogen-bond acceptors (Lipinski definition) is 5. The first-order chi connectivity index (χ1) is 15.4. The minimum atomic E-state index is -3.59. The highest BCUT2D eigenvalue weighted by Crippen LogP contribution is 2.31. The van der Waals surface area contributed by atoms with Crippen LogP contribution in [0.15, 0.2) is 47.4 Å². The number of carbonyl (C=O) groups excluding carboxylic acids is 2. The fourth-order valence-electron chi connectivity index (χ4n) is 4.60. The molecule has 0 bridgehead atoms. The fraction of sp³-hybridized carbons (Fsp3) is 0.391. The molecular weight excluding hydrogens is 430 g/mol. The van der Waals surface area contributed by atoms with Crippen molar-refractivity contribution in [3.05, 3.63) is 53.6 Å². The first-order valence-corrected chi connectivity index (χ1v) is 12.3. The first kappa shape index (κ1) is 21.0. The van der Waals surface area contributed by atoms with E-state index in [1.165, 1.54) is 14.8 Å². The van der Waals surface area contributed by atoms with Crippen LogP contribution in [0.5, 0.6) is 5.75 Å². The largest absolute Gasteiger partial charge is 0.482 e. The van der Waals surface area contributed by atoms with Gasteiger partial charge in [-0.25, -0.2) is 8.42 Å². The van der Waals surface area contributed by atoms with E-state index in [0.717, 1.165) is 24.8 Å². The van der Waals surface area contributed by atoms with Gasteiger partial charge in [0.2, 0.25) is 15.9 Å². The Kier molecular flexibility index (Phi) is 5.38. The number of carbonyl (C=O) groups is 2. The van der Waals surface area contributed by atoms with Gasteiger partial charge in [0.15, 0.2) is 6.61 Å². The maximum Gasteiger partial charge on any atom is 0.265 e.